The number of para-hydroxylation sites is 1. The molecular weight excluding hydrogens is 330 g/mol. The molecule has 1 saturated carbocycles. The van der Waals surface area contributed by atoms with E-state index in [1.807, 2.05) is 24.3 Å². The van der Waals surface area contributed by atoms with Crippen LogP contribution in [0.3, 0.4) is 0 Å². The number of amides is 2. The molecule has 0 saturated heterocycles. The highest BCUT2D eigenvalue weighted by atomic mass is 35.5. The van der Waals surface area contributed by atoms with Crippen molar-refractivity contribution in [3.05, 3.63) is 30.0 Å². The lowest BCUT2D eigenvalue weighted by Gasteiger charge is -2.11. The van der Waals surface area contributed by atoms with Crippen LogP contribution in [0, 0.1) is 5.92 Å². The maximum absolute atomic E-state index is 12.1. The maximum Gasteiger partial charge on any atom is 0.272 e. The van der Waals surface area contributed by atoms with Crippen LogP contribution in [-0.4, -0.2) is 41.1 Å². The van der Waals surface area contributed by atoms with Gasteiger partial charge in [-0.3, -0.25) is 14.7 Å². The average Bonchev–Trinajstić information content (AvgIpc) is 3.31. The zero-order valence-corrected chi connectivity index (χ0v) is 14.1. The molecule has 3 rings (SSSR count). The van der Waals surface area contributed by atoms with Gasteiger partial charge in [-0.25, -0.2) is 0 Å². The Labute approximate surface area is 146 Å². The molecule has 1 atom stereocenters. The van der Waals surface area contributed by atoms with Gasteiger partial charge in [0.15, 0.2) is 5.69 Å². The largest absolute Gasteiger partial charge is 0.354 e. The summed E-state index contributed by atoms with van der Waals surface area (Å²) in [7, 11) is 0. The molecule has 0 bridgehead atoms. The van der Waals surface area contributed by atoms with E-state index in [1.165, 1.54) is 0 Å². The smallest absolute Gasteiger partial charge is 0.272 e. The molecule has 1 aliphatic carbocycles. The van der Waals surface area contributed by atoms with Crippen molar-refractivity contribution < 1.29 is 9.59 Å². The Morgan fingerprint density at radius 3 is 2.79 bits per heavy atom. The van der Waals surface area contributed by atoms with Gasteiger partial charge in [-0.1, -0.05) is 18.2 Å². The Bertz CT molecular complexity index is 713. The van der Waals surface area contributed by atoms with Crippen molar-refractivity contribution in [3.63, 3.8) is 0 Å². The highest BCUT2D eigenvalue weighted by Gasteiger charge is 2.28. The van der Waals surface area contributed by atoms with Crippen LogP contribution in [0.2, 0.25) is 0 Å². The first kappa shape index (κ1) is 18.2. The average molecular weight is 352 g/mol. The number of nitrogens with two attached hydrogens (primary N) is 1. The zero-order chi connectivity index (χ0) is 16.2. The molecule has 7 nitrogen and oxygen atoms in total. The summed E-state index contributed by atoms with van der Waals surface area (Å²) in [5.74, 6) is 0.168. The van der Waals surface area contributed by atoms with Crippen LogP contribution in [-0.2, 0) is 4.79 Å². The van der Waals surface area contributed by atoms with Crippen molar-refractivity contribution in [3.8, 4) is 0 Å². The van der Waals surface area contributed by atoms with Crippen molar-refractivity contribution in [2.75, 3.05) is 13.1 Å². The summed E-state index contributed by atoms with van der Waals surface area (Å²) in [5.41, 5.74) is 7.08. The van der Waals surface area contributed by atoms with E-state index in [4.69, 9.17) is 5.73 Å². The molecule has 0 spiro atoms. The first-order valence-corrected chi connectivity index (χ1v) is 7.88. The quantitative estimate of drug-likeness (QED) is 0.595. The number of nitrogens with zero attached hydrogens (tertiary/aromatic N) is 1. The molecular formula is C16H22ClN5O2. The second-order valence-corrected chi connectivity index (χ2v) is 5.93. The van der Waals surface area contributed by atoms with Crippen molar-refractivity contribution in [1.29, 1.82) is 0 Å². The van der Waals surface area contributed by atoms with E-state index in [-0.39, 0.29) is 43.2 Å². The van der Waals surface area contributed by atoms with Crippen LogP contribution in [0.25, 0.3) is 10.9 Å². The molecule has 1 fully saturated rings. The van der Waals surface area contributed by atoms with Crippen LogP contribution < -0.4 is 16.4 Å². The molecule has 130 valence electrons. The van der Waals surface area contributed by atoms with E-state index >= 15 is 0 Å². The first-order chi connectivity index (χ1) is 11.1. The fourth-order valence-electron chi connectivity index (χ4n) is 2.52. The molecule has 1 aromatic carbocycles. The van der Waals surface area contributed by atoms with E-state index in [0.29, 0.717) is 18.2 Å². The monoisotopic (exact) mass is 351 g/mol. The van der Waals surface area contributed by atoms with Crippen LogP contribution in [0.4, 0.5) is 0 Å². The lowest BCUT2D eigenvalue weighted by Crippen LogP contribution is -2.39. The van der Waals surface area contributed by atoms with Gasteiger partial charge in [0.1, 0.15) is 0 Å². The third kappa shape index (κ3) is 4.46. The Kier molecular flexibility index (Phi) is 6.16. The number of hydrogen-bond donors (Lipinski definition) is 4. The number of H-pyrrole nitrogens is 1. The van der Waals surface area contributed by atoms with Gasteiger partial charge in [-0.05, 0) is 24.8 Å². The fraction of sp³-hybridized carbons (Fsp3) is 0.438. The predicted octanol–water partition coefficient (Wildman–Crippen LogP) is 0.958. The number of aromatic nitrogens is 2. The second-order valence-electron chi connectivity index (χ2n) is 5.93. The number of nitrogens with one attached hydrogen (secondary N) is 3. The summed E-state index contributed by atoms with van der Waals surface area (Å²) in [4.78, 5) is 23.9. The number of carbonyl (C=O) groups is 2. The highest BCUT2D eigenvalue weighted by Crippen LogP contribution is 2.31. The fourth-order valence-corrected chi connectivity index (χ4v) is 2.52. The summed E-state index contributed by atoms with van der Waals surface area (Å²) in [6, 6.07) is 7.46. The van der Waals surface area contributed by atoms with Gasteiger partial charge in [0, 0.05) is 30.9 Å². The molecule has 2 aromatic rings. The minimum absolute atomic E-state index is 0. The number of halogens is 1. The summed E-state index contributed by atoms with van der Waals surface area (Å²) in [5, 5.41) is 13.1. The second kappa shape index (κ2) is 8.12. The van der Waals surface area contributed by atoms with E-state index in [0.717, 1.165) is 23.7 Å². The Hall–Kier alpha value is -2.12. The zero-order valence-electron chi connectivity index (χ0n) is 13.2. The molecule has 1 heterocycles. The molecule has 1 aliphatic rings. The molecule has 5 N–H and O–H groups in total. The Morgan fingerprint density at radius 2 is 2.04 bits per heavy atom. The van der Waals surface area contributed by atoms with E-state index in [2.05, 4.69) is 20.8 Å². The number of carbonyl (C=O) groups excluding carboxylic acids is 2. The Balaban J connectivity index is 0.00000208. The lowest BCUT2D eigenvalue weighted by atomic mass is 10.2. The minimum Gasteiger partial charge on any atom is -0.354 e. The summed E-state index contributed by atoms with van der Waals surface area (Å²) >= 11 is 0. The summed E-state index contributed by atoms with van der Waals surface area (Å²) < 4.78 is 0. The molecule has 1 unspecified atom stereocenters. The van der Waals surface area contributed by atoms with Crippen LogP contribution in [0.1, 0.15) is 29.8 Å². The summed E-state index contributed by atoms with van der Waals surface area (Å²) in [6.45, 7) is 0.770. The maximum atomic E-state index is 12.1. The van der Waals surface area contributed by atoms with Gasteiger partial charge in [0.05, 0.1) is 5.52 Å². The van der Waals surface area contributed by atoms with Gasteiger partial charge < -0.3 is 16.4 Å². The topological polar surface area (TPSA) is 113 Å². The normalized spacial score (nSPS) is 14.7. The third-order valence-electron chi connectivity index (χ3n) is 4.09. The van der Waals surface area contributed by atoms with E-state index < -0.39 is 0 Å². The number of fused-ring (bicyclic) bond motifs is 1. The number of hydrogen-bond acceptors (Lipinski definition) is 4. The standard InChI is InChI=1S/C16H21N5O2.ClH/c17-12(10-5-6-10)9-19-14(22)7-8-18-16(23)15-11-3-1-2-4-13(11)20-21-15;/h1-4,10,12H,5-9,17H2,(H,18,23)(H,19,22)(H,20,21);1H. The van der Waals surface area contributed by atoms with Crippen molar-refractivity contribution >= 4 is 35.1 Å². The van der Waals surface area contributed by atoms with Crippen molar-refractivity contribution in [2.45, 2.75) is 25.3 Å². The van der Waals surface area contributed by atoms with Crippen LogP contribution in [0.5, 0.6) is 0 Å². The molecule has 0 radical (unpaired) electrons. The molecule has 0 aliphatic heterocycles. The Morgan fingerprint density at radius 1 is 1.29 bits per heavy atom. The number of benzene rings is 1. The van der Waals surface area contributed by atoms with Gasteiger partial charge in [0.2, 0.25) is 5.91 Å². The molecule has 24 heavy (non-hydrogen) atoms. The highest BCUT2D eigenvalue weighted by molar-refractivity contribution is 6.04. The van der Waals surface area contributed by atoms with Gasteiger partial charge in [-0.15, -0.1) is 12.4 Å². The minimum atomic E-state index is -0.287. The lowest BCUT2D eigenvalue weighted by molar-refractivity contribution is -0.121. The predicted molar refractivity (Wildman–Crippen MR) is 94.0 cm³/mol. The van der Waals surface area contributed by atoms with Crippen molar-refractivity contribution in [2.24, 2.45) is 11.7 Å². The molecule has 1 aromatic heterocycles. The SMILES string of the molecule is Cl.NC(CNC(=O)CCNC(=O)c1n[nH]c2ccccc12)C1CC1. The number of rotatable bonds is 7. The third-order valence-corrected chi connectivity index (χ3v) is 4.09. The van der Waals surface area contributed by atoms with Crippen LogP contribution >= 0.6 is 12.4 Å². The summed E-state index contributed by atoms with van der Waals surface area (Å²) in [6.07, 6.45) is 2.54. The van der Waals surface area contributed by atoms with Gasteiger partial charge >= 0.3 is 0 Å². The molecule has 8 heteroatoms. The first-order valence-electron chi connectivity index (χ1n) is 7.88. The number of aromatic amines is 1. The van der Waals surface area contributed by atoms with Gasteiger partial charge in [-0.2, -0.15) is 5.10 Å². The van der Waals surface area contributed by atoms with E-state index in [9.17, 15) is 9.59 Å². The van der Waals surface area contributed by atoms with Gasteiger partial charge in [0.25, 0.3) is 5.91 Å². The van der Waals surface area contributed by atoms with Crippen LogP contribution in [0.15, 0.2) is 24.3 Å². The van der Waals surface area contributed by atoms with E-state index in [1.54, 1.807) is 0 Å². The molecule has 2 amide bonds. The van der Waals surface area contributed by atoms with Crippen molar-refractivity contribution in [1.82, 2.24) is 20.8 Å².